The fraction of sp³-hybridized carbons (Fsp3) is 0.441. The third-order valence-electron chi connectivity index (χ3n) is 8.08. The van der Waals surface area contributed by atoms with Gasteiger partial charge in [-0.05, 0) is 67.5 Å². The number of phenols is 1. The minimum Gasteiger partial charge on any atom is -0.508 e. The number of H-pyrrole nitrogens is 1. The molecular weight excluding hydrogens is 650 g/mol. The lowest BCUT2D eigenvalue weighted by Crippen LogP contribution is -2.60. The maximum absolute atomic E-state index is 13.9. The van der Waals surface area contributed by atoms with Crippen LogP contribution in [0.15, 0.2) is 54.7 Å². The third kappa shape index (κ3) is 11.5. The number of aromatic nitrogens is 1. The highest BCUT2D eigenvalue weighted by atomic mass is 32.1. The average Bonchev–Trinajstić information content (AvgIpc) is 3.48. The van der Waals surface area contributed by atoms with Gasteiger partial charge in [-0.3, -0.25) is 19.2 Å². The molecule has 3 aromatic rings. The molecule has 0 saturated carbocycles. The molecule has 0 aliphatic carbocycles. The summed E-state index contributed by atoms with van der Waals surface area (Å²) in [5.74, 6) is -4.35. The number of carboxylic acids is 1. The second kappa shape index (κ2) is 18.8. The van der Waals surface area contributed by atoms with E-state index >= 15 is 0 Å². The first-order valence-electron chi connectivity index (χ1n) is 16.2. The maximum Gasteiger partial charge on any atom is 0.327 e. The van der Waals surface area contributed by atoms with Crippen molar-refractivity contribution in [1.82, 2.24) is 26.3 Å². The fourth-order valence-corrected chi connectivity index (χ4v) is 5.50. The minimum atomic E-state index is -1.28. The number of phenolic OH excluding ortho intramolecular Hbond substituents is 1. The zero-order valence-corrected chi connectivity index (χ0v) is 28.5. The highest BCUT2D eigenvalue weighted by Crippen LogP contribution is 2.20. The normalized spacial score (nSPS) is 14.3. The van der Waals surface area contributed by atoms with Crippen LogP contribution in [0.25, 0.3) is 10.9 Å². The van der Waals surface area contributed by atoms with Crippen LogP contribution in [0, 0.1) is 5.92 Å². The number of thiol groups is 1. The number of hydrogen-bond donors (Lipinski definition) is 10. The van der Waals surface area contributed by atoms with Gasteiger partial charge in [0.2, 0.25) is 23.6 Å². The molecule has 1 heterocycles. The van der Waals surface area contributed by atoms with Crippen LogP contribution in [0.1, 0.15) is 44.2 Å². The summed E-state index contributed by atoms with van der Waals surface area (Å²) >= 11 is 4.01. The van der Waals surface area contributed by atoms with Crippen molar-refractivity contribution in [3.63, 3.8) is 0 Å². The summed E-state index contributed by atoms with van der Waals surface area (Å²) in [5, 5.41) is 30.4. The van der Waals surface area contributed by atoms with Crippen molar-refractivity contribution in [2.24, 2.45) is 17.4 Å². The molecule has 2 aromatic carbocycles. The molecule has 0 aliphatic rings. The molecule has 49 heavy (non-hydrogen) atoms. The molecular formula is C34H47N7O7S. The molecule has 0 unspecified atom stereocenters. The number of hydrogen-bond acceptors (Lipinski definition) is 9. The van der Waals surface area contributed by atoms with Crippen LogP contribution in [-0.2, 0) is 36.8 Å². The second-order valence-corrected chi connectivity index (χ2v) is 12.6. The fourth-order valence-electron chi connectivity index (χ4n) is 5.26. The topological polar surface area (TPSA) is 242 Å². The van der Waals surface area contributed by atoms with E-state index in [1.807, 2.05) is 24.3 Å². The van der Waals surface area contributed by atoms with E-state index in [1.165, 1.54) is 12.1 Å². The molecule has 5 atom stereocenters. The molecule has 0 bridgehead atoms. The minimum absolute atomic E-state index is 0.0340. The van der Waals surface area contributed by atoms with Crippen LogP contribution < -0.4 is 32.7 Å². The molecule has 0 saturated heterocycles. The van der Waals surface area contributed by atoms with Gasteiger partial charge in [0.15, 0.2) is 0 Å². The lowest BCUT2D eigenvalue weighted by atomic mass is 9.99. The Labute approximate surface area is 290 Å². The van der Waals surface area contributed by atoms with E-state index in [1.54, 1.807) is 32.2 Å². The van der Waals surface area contributed by atoms with Gasteiger partial charge in [-0.15, -0.1) is 0 Å². The van der Waals surface area contributed by atoms with E-state index in [-0.39, 0.29) is 30.8 Å². The van der Waals surface area contributed by atoms with Crippen molar-refractivity contribution in [3.05, 3.63) is 65.9 Å². The van der Waals surface area contributed by atoms with Crippen LogP contribution in [0.4, 0.5) is 0 Å². The molecule has 14 nitrogen and oxygen atoms in total. The van der Waals surface area contributed by atoms with E-state index < -0.39 is 65.7 Å². The largest absolute Gasteiger partial charge is 0.508 e. The van der Waals surface area contributed by atoms with Crippen molar-refractivity contribution < 1.29 is 34.2 Å². The van der Waals surface area contributed by atoms with Gasteiger partial charge in [-0.2, -0.15) is 12.6 Å². The SMILES string of the molecule is CC(C)[C@H](NC(=O)[C@@H](N)Cc1ccc(O)cc1)C(=O)N[C@@H](Cc1c[nH]c2ccccc12)C(=O)N[C@@H](CCCCN)C(=O)N[C@@H](CS)C(=O)O. The number of nitrogens with two attached hydrogens (primary N) is 2. The first-order valence-corrected chi connectivity index (χ1v) is 16.8. The van der Waals surface area contributed by atoms with E-state index in [9.17, 15) is 34.2 Å². The highest BCUT2D eigenvalue weighted by Gasteiger charge is 2.33. The molecule has 0 spiro atoms. The Hall–Kier alpha value is -4.60. The number of amides is 4. The molecule has 0 radical (unpaired) electrons. The molecule has 266 valence electrons. The second-order valence-electron chi connectivity index (χ2n) is 12.3. The molecule has 11 N–H and O–H groups in total. The van der Waals surface area contributed by atoms with Gasteiger partial charge in [0.1, 0.15) is 29.9 Å². The van der Waals surface area contributed by atoms with Crippen LogP contribution >= 0.6 is 12.6 Å². The van der Waals surface area contributed by atoms with E-state index in [0.29, 0.717) is 19.4 Å². The predicted octanol–water partition coefficient (Wildman–Crippen LogP) is 0.725. The van der Waals surface area contributed by atoms with Gasteiger partial charge in [0, 0.05) is 29.3 Å². The number of aromatic amines is 1. The number of fused-ring (bicyclic) bond motifs is 1. The van der Waals surface area contributed by atoms with Gasteiger partial charge in [-0.1, -0.05) is 44.2 Å². The summed E-state index contributed by atoms with van der Waals surface area (Å²) in [6.07, 6.45) is 3.13. The van der Waals surface area contributed by atoms with Gasteiger partial charge in [0.05, 0.1) is 6.04 Å². The molecule has 0 aliphatic heterocycles. The smallest absolute Gasteiger partial charge is 0.327 e. The summed E-state index contributed by atoms with van der Waals surface area (Å²) in [4.78, 5) is 68.7. The van der Waals surface area contributed by atoms with Crippen LogP contribution in [-0.4, -0.2) is 87.3 Å². The van der Waals surface area contributed by atoms with Crippen molar-refractivity contribution in [2.75, 3.05) is 12.3 Å². The summed E-state index contributed by atoms with van der Waals surface area (Å²) in [5.41, 5.74) is 14.1. The molecule has 15 heteroatoms. The number of aromatic hydroxyl groups is 1. The van der Waals surface area contributed by atoms with Gasteiger partial charge >= 0.3 is 5.97 Å². The lowest BCUT2D eigenvalue weighted by molar-refractivity contribution is -0.141. The lowest BCUT2D eigenvalue weighted by Gasteiger charge is -2.28. The van der Waals surface area contributed by atoms with Crippen LogP contribution in [0.5, 0.6) is 5.75 Å². The van der Waals surface area contributed by atoms with Gasteiger partial charge in [0.25, 0.3) is 0 Å². The van der Waals surface area contributed by atoms with Crippen molar-refractivity contribution >= 4 is 53.1 Å². The molecule has 3 rings (SSSR count). The van der Waals surface area contributed by atoms with Crippen LogP contribution in [0.3, 0.4) is 0 Å². The summed E-state index contributed by atoms with van der Waals surface area (Å²) in [7, 11) is 0. The zero-order chi connectivity index (χ0) is 36.1. The number of carbonyl (C=O) groups is 5. The molecule has 4 amide bonds. The maximum atomic E-state index is 13.9. The average molecular weight is 698 g/mol. The Morgan fingerprint density at radius 3 is 2.08 bits per heavy atom. The number of nitrogens with one attached hydrogen (secondary N) is 5. The summed E-state index contributed by atoms with van der Waals surface area (Å²) < 4.78 is 0. The summed E-state index contributed by atoms with van der Waals surface area (Å²) in [6, 6.07) is 8.06. The van der Waals surface area contributed by atoms with Gasteiger partial charge < -0.3 is 47.9 Å². The number of rotatable bonds is 19. The van der Waals surface area contributed by atoms with Crippen LogP contribution in [0.2, 0.25) is 0 Å². The first kappa shape index (κ1) is 38.8. The van der Waals surface area contributed by atoms with Crippen molar-refractivity contribution in [1.29, 1.82) is 0 Å². The Bertz CT molecular complexity index is 1580. The highest BCUT2D eigenvalue weighted by molar-refractivity contribution is 7.80. The number of para-hydroxylation sites is 1. The molecule has 1 aromatic heterocycles. The number of benzene rings is 2. The molecule has 0 fully saturated rings. The number of unbranched alkanes of at least 4 members (excludes halogenated alkanes) is 1. The van der Waals surface area contributed by atoms with Crippen molar-refractivity contribution in [2.45, 2.75) is 76.2 Å². The van der Waals surface area contributed by atoms with Gasteiger partial charge in [-0.25, -0.2) is 4.79 Å². The van der Waals surface area contributed by atoms with Crippen molar-refractivity contribution in [3.8, 4) is 5.75 Å². The standard InChI is InChI=1S/C34H47N7O7S/c1-19(2)29(41-30(43)24(36)15-20-10-12-22(42)13-11-20)33(46)39-27(16-21-17-37-25-8-4-3-7-23(21)25)32(45)38-26(9-5-6-14-35)31(44)40-28(18-49)34(47)48/h3-4,7-8,10-13,17,19,24,26-29,37,42,49H,5-6,9,14-16,18,35-36H2,1-2H3,(H,38,45)(H,39,46)(H,40,44)(H,41,43)(H,47,48)/t24-,26-,27-,28-,29-/m0/s1. The Morgan fingerprint density at radius 1 is 0.816 bits per heavy atom. The number of carboxylic acid groups (broad SMARTS) is 1. The third-order valence-corrected chi connectivity index (χ3v) is 8.45. The Balaban J connectivity index is 1.85. The number of aliphatic carboxylic acids is 1. The Morgan fingerprint density at radius 2 is 1.45 bits per heavy atom. The zero-order valence-electron chi connectivity index (χ0n) is 27.6. The first-order chi connectivity index (χ1) is 23.3. The Kier molecular flexibility index (Phi) is 14.9. The number of carbonyl (C=O) groups excluding carboxylic acids is 4. The van der Waals surface area contributed by atoms with E-state index in [0.717, 1.165) is 22.0 Å². The quantitative estimate of drug-likeness (QED) is 0.0626. The summed E-state index contributed by atoms with van der Waals surface area (Å²) in [6.45, 7) is 3.84. The monoisotopic (exact) mass is 697 g/mol. The van der Waals surface area contributed by atoms with E-state index in [2.05, 4.69) is 38.9 Å². The predicted molar refractivity (Wildman–Crippen MR) is 189 cm³/mol. The van der Waals surface area contributed by atoms with E-state index in [4.69, 9.17) is 11.5 Å².